The first-order valence-electron chi connectivity index (χ1n) is 25.0. The van der Waals surface area contributed by atoms with Gasteiger partial charge in [-0.25, -0.2) is 27.2 Å². The van der Waals surface area contributed by atoms with Gasteiger partial charge in [0.15, 0.2) is 11.6 Å². The number of carbonyl (C=O) groups is 2. The number of nitrogens with one attached hydrogen (secondary N) is 4. The summed E-state index contributed by atoms with van der Waals surface area (Å²) in [6.45, 7) is 5.13. The predicted octanol–water partition coefficient (Wildman–Crippen LogP) is 8.09. The Morgan fingerprint density at radius 2 is 0.972 bits per heavy atom. The van der Waals surface area contributed by atoms with Crippen LogP contribution in [0.1, 0.15) is 74.3 Å². The second-order valence-electron chi connectivity index (χ2n) is 20.1. The summed E-state index contributed by atoms with van der Waals surface area (Å²) in [7, 11) is 0. The van der Waals surface area contributed by atoms with Crippen LogP contribution >= 0.6 is 0 Å². The Labute approximate surface area is 415 Å². The number of benzene rings is 4. The van der Waals surface area contributed by atoms with Crippen LogP contribution in [0, 0.1) is 23.3 Å². The molecule has 10 rings (SSSR count). The average molecular weight is 997 g/mol. The first-order chi connectivity index (χ1) is 34.6. The maximum absolute atomic E-state index is 13.4. The number of anilines is 2. The van der Waals surface area contributed by atoms with Gasteiger partial charge in [-0.2, -0.15) is 0 Å². The lowest BCUT2D eigenvalue weighted by atomic mass is 9.84. The summed E-state index contributed by atoms with van der Waals surface area (Å²) in [5.41, 5.74) is 2.63. The van der Waals surface area contributed by atoms with Crippen molar-refractivity contribution in [2.75, 3.05) is 76.1 Å². The van der Waals surface area contributed by atoms with E-state index in [2.05, 4.69) is 79.2 Å². The number of aromatic amines is 2. The number of H-pyrrole nitrogens is 2. The number of aromatic nitrogens is 2. The molecule has 4 fully saturated rings. The zero-order valence-electron chi connectivity index (χ0n) is 40.2. The van der Waals surface area contributed by atoms with Crippen LogP contribution in [0.5, 0.6) is 0 Å². The second kappa shape index (κ2) is 22.0. The molecule has 384 valence electrons. The number of nitrogens with zero attached hydrogens (tertiary/aromatic N) is 4. The smallest absolute Gasteiger partial charge is 0.321 e. The molecule has 2 aromatic heterocycles. The molecule has 0 saturated carbocycles. The molecule has 4 aliphatic heterocycles. The van der Waals surface area contributed by atoms with Crippen LogP contribution in [0.25, 0.3) is 21.8 Å². The van der Waals surface area contributed by atoms with Crippen molar-refractivity contribution in [3.05, 3.63) is 132 Å². The molecule has 6 heterocycles. The van der Waals surface area contributed by atoms with Crippen LogP contribution < -0.4 is 10.6 Å². The molecule has 18 heteroatoms. The molecule has 0 bridgehead atoms. The van der Waals surface area contributed by atoms with Crippen molar-refractivity contribution in [1.29, 1.82) is 0 Å². The number of fused-ring (bicyclic) bond motifs is 2. The molecule has 0 spiro atoms. The van der Waals surface area contributed by atoms with Crippen LogP contribution in [0.3, 0.4) is 0 Å². The molecule has 8 N–H and O–H groups in total. The standard InChI is InChI=1S/2C27H32F2N4O3/c28-19-13-20(29)15-21(14-19)31-26(35)33-11-7-27(36,8-12-33)25(34)17-32-9-5-18(6-10-32)23-16-30-24-4-2-1-3-22(23)24;28-22-6-5-19(15-23(22)29)31-26(35)33-13-9-27(36,10-14-33)25(34)17-32-11-7-18(8-12-32)21-16-30-24-4-2-1-3-20(21)24/h1-4,13-16,18,25,30,34,36H,5-12,17H2,(H,31,35);1-6,15-16,18,25,30,34,36H,7-14,17H2,(H,31,35). The molecule has 4 aromatic carbocycles. The quantitative estimate of drug-likeness (QED) is 0.0634. The molecule has 2 unspecified atom stereocenters. The van der Waals surface area contributed by atoms with Gasteiger partial charge in [0.1, 0.15) is 11.6 Å². The largest absolute Gasteiger partial charge is 0.389 e. The number of hydrogen-bond acceptors (Lipinski definition) is 8. The minimum absolute atomic E-state index is 0.0365. The topological polar surface area (TPSA) is 184 Å². The van der Waals surface area contributed by atoms with Crippen LogP contribution in [0.4, 0.5) is 38.5 Å². The fraction of sp³-hybridized carbons (Fsp3) is 0.444. The summed E-state index contributed by atoms with van der Waals surface area (Å²) in [5, 5.41) is 51.6. The van der Waals surface area contributed by atoms with Crippen molar-refractivity contribution in [2.45, 2.75) is 86.6 Å². The Kier molecular flexibility index (Phi) is 15.5. The van der Waals surface area contributed by atoms with Crippen molar-refractivity contribution >= 4 is 45.2 Å². The van der Waals surface area contributed by atoms with Gasteiger partial charge in [-0.1, -0.05) is 36.4 Å². The van der Waals surface area contributed by atoms with Crippen LogP contribution in [-0.2, 0) is 0 Å². The van der Waals surface area contributed by atoms with E-state index in [0.29, 0.717) is 24.9 Å². The third kappa shape index (κ3) is 11.7. The normalized spacial score (nSPS) is 19.9. The first kappa shape index (κ1) is 50.9. The molecule has 4 aliphatic rings. The Hall–Kier alpha value is -6.02. The van der Waals surface area contributed by atoms with E-state index in [0.717, 1.165) is 93.2 Å². The zero-order valence-corrected chi connectivity index (χ0v) is 40.2. The Morgan fingerprint density at radius 3 is 1.40 bits per heavy atom. The number of aliphatic hydroxyl groups excluding tert-OH is 2. The summed E-state index contributed by atoms with van der Waals surface area (Å²) >= 11 is 0. The summed E-state index contributed by atoms with van der Waals surface area (Å²) in [6.07, 6.45) is 7.27. The van der Waals surface area contributed by atoms with Crippen LogP contribution in [0.15, 0.2) is 97.3 Å². The Morgan fingerprint density at radius 1 is 0.556 bits per heavy atom. The van der Waals surface area contributed by atoms with Gasteiger partial charge in [0.2, 0.25) is 0 Å². The van der Waals surface area contributed by atoms with Gasteiger partial charge in [0.25, 0.3) is 0 Å². The third-order valence-electron chi connectivity index (χ3n) is 15.5. The molecule has 14 nitrogen and oxygen atoms in total. The van der Waals surface area contributed by atoms with Gasteiger partial charge in [-0.3, -0.25) is 0 Å². The summed E-state index contributed by atoms with van der Waals surface area (Å²) < 4.78 is 53.3. The third-order valence-corrected chi connectivity index (χ3v) is 15.5. The lowest BCUT2D eigenvalue weighted by molar-refractivity contribution is -0.113. The predicted molar refractivity (Wildman–Crippen MR) is 268 cm³/mol. The molecular weight excluding hydrogens is 933 g/mol. The minimum Gasteiger partial charge on any atom is -0.389 e. The van der Waals surface area contributed by atoms with Gasteiger partial charge >= 0.3 is 12.1 Å². The van der Waals surface area contributed by atoms with E-state index in [9.17, 15) is 47.6 Å². The van der Waals surface area contributed by atoms with E-state index in [4.69, 9.17) is 0 Å². The molecule has 0 aliphatic carbocycles. The number of urea groups is 2. The Balaban J connectivity index is 0.000000178. The monoisotopic (exact) mass is 996 g/mol. The van der Waals surface area contributed by atoms with Crippen LogP contribution in [-0.4, -0.2) is 151 Å². The fourth-order valence-electron chi connectivity index (χ4n) is 11.0. The molecule has 4 saturated heterocycles. The van der Waals surface area contributed by atoms with Crippen molar-refractivity contribution in [2.24, 2.45) is 0 Å². The zero-order chi connectivity index (χ0) is 50.6. The van der Waals surface area contributed by atoms with Crippen molar-refractivity contribution < 1.29 is 47.6 Å². The molecule has 6 aromatic rings. The van der Waals surface area contributed by atoms with Gasteiger partial charge in [0, 0.05) is 97.0 Å². The number of amides is 4. The Bertz CT molecular complexity index is 2790. The van der Waals surface area contributed by atoms with Crippen LogP contribution in [0.2, 0.25) is 0 Å². The lowest BCUT2D eigenvalue weighted by Gasteiger charge is -2.43. The number of likely N-dealkylation sites (tertiary alicyclic amines) is 4. The molecule has 2 atom stereocenters. The van der Waals surface area contributed by atoms with E-state index in [-0.39, 0.29) is 63.2 Å². The number of piperidine rings is 4. The highest BCUT2D eigenvalue weighted by atomic mass is 19.2. The van der Waals surface area contributed by atoms with E-state index in [1.54, 1.807) is 0 Å². The summed E-state index contributed by atoms with van der Waals surface area (Å²) in [5.74, 6) is -2.62. The van der Waals surface area contributed by atoms with E-state index >= 15 is 0 Å². The number of β-amino-alcohol motifs (C(OH)–C–C–N with tert-alkyl or cyclic N) is 2. The number of rotatable bonds is 10. The molecular formula is C54H64F4N8O6. The van der Waals surface area contributed by atoms with E-state index < -0.39 is 58.7 Å². The minimum atomic E-state index is -1.28. The van der Waals surface area contributed by atoms with E-state index in [1.807, 2.05) is 12.1 Å². The summed E-state index contributed by atoms with van der Waals surface area (Å²) in [6, 6.07) is 21.7. The fourth-order valence-corrected chi connectivity index (χ4v) is 11.0. The van der Waals surface area contributed by atoms with Crippen molar-refractivity contribution in [3.63, 3.8) is 0 Å². The molecule has 72 heavy (non-hydrogen) atoms. The van der Waals surface area contributed by atoms with Crippen molar-refractivity contribution in [1.82, 2.24) is 29.6 Å². The van der Waals surface area contributed by atoms with Gasteiger partial charge in [-0.15, -0.1) is 0 Å². The molecule has 0 radical (unpaired) electrons. The number of para-hydroxylation sites is 2. The highest BCUT2D eigenvalue weighted by molar-refractivity contribution is 5.90. The average Bonchev–Trinajstić information content (AvgIpc) is 4.01. The maximum Gasteiger partial charge on any atom is 0.321 e. The number of carbonyl (C=O) groups excluding carboxylic acids is 2. The van der Waals surface area contributed by atoms with E-state index in [1.165, 1.54) is 37.8 Å². The molecule has 4 amide bonds. The highest BCUT2D eigenvalue weighted by Gasteiger charge is 2.43. The van der Waals surface area contributed by atoms with Gasteiger partial charge < -0.3 is 60.6 Å². The summed E-state index contributed by atoms with van der Waals surface area (Å²) in [4.78, 5) is 39.1. The lowest BCUT2D eigenvalue weighted by Crippen LogP contribution is -2.56. The maximum atomic E-state index is 13.4. The van der Waals surface area contributed by atoms with Crippen molar-refractivity contribution in [3.8, 4) is 0 Å². The second-order valence-corrected chi connectivity index (χ2v) is 20.1. The first-order valence-corrected chi connectivity index (χ1v) is 25.0. The number of halogens is 4. The van der Waals surface area contributed by atoms with Gasteiger partial charge in [0.05, 0.1) is 23.4 Å². The number of hydrogen-bond donors (Lipinski definition) is 8. The highest BCUT2D eigenvalue weighted by Crippen LogP contribution is 2.36. The SMILES string of the molecule is O=C(Nc1cc(F)cc(F)c1)N1CCC(O)(C(O)CN2CCC(c3c[nH]c4ccccc34)CC2)CC1.O=C(Nc1ccc(F)c(F)c1)N1CCC(O)(C(O)CN2CCC(c3c[nH]c4ccccc34)CC2)CC1. The van der Waals surface area contributed by atoms with Gasteiger partial charge in [-0.05, 0) is 137 Å². The number of aliphatic hydroxyl groups is 4.